The summed E-state index contributed by atoms with van der Waals surface area (Å²) in [5, 5.41) is 6.66. The number of amides is 1. The Labute approximate surface area is 144 Å². The zero-order valence-electron chi connectivity index (χ0n) is 14.2. The minimum Gasteiger partial charge on any atom is -0.349 e. The molecule has 0 saturated carbocycles. The van der Waals surface area contributed by atoms with Crippen LogP contribution in [-0.2, 0) is 27.8 Å². The molecule has 0 spiro atoms. The van der Waals surface area contributed by atoms with Gasteiger partial charge < -0.3 is 9.84 Å². The van der Waals surface area contributed by atoms with Crippen molar-refractivity contribution in [1.29, 1.82) is 0 Å². The average molecular weight is 349 g/mol. The molecule has 0 saturated heterocycles. The Morgan fingerprint density at radius 2 is 1.96 bits per heavy atom. The van der Waals surface area contributed by atoms with Gasteiger partial charge in [0.2, 0.25) is 11.8 Å². The van der Waals surface area contributed by atoms with E-state index in [1.54, 1.807) is 0 Å². The molecular formula is C17H23N3O3S. The first-order chi connectivity index (χ1) is 11.4. The number of nitrogens with zero attached hydrogens (tertiary/aromatic N) is 2. The van der Waals surface area contributed by atoms with Gasteiger partial charge in [-0.05, 0) is 18.4 Å². The van der Waals surface area contributed by atoms with Gasteiger partial charge in [-0.1, -0.05) is 49.3 Å². The summed E-state index contributed by atoms with van der Waals surface area (Å²) in [6.07, 6.45) is 0.689. The molecular weight excluding hydrogens is 326 g/mol. The number of benzene rings is 1. The molecule has 0 fully saturated rings. The molecule has 130 valence electrons. The maximum atomic E-state index is 12.1. The largest absolute Gasteiger partial charge is 0.349 e. The fourth-order valence-electron chi connectivity index (χ4n) is 2.23. The van der Waals surface area contributed by atoms with Crippen molar-refractivity contribution in [1.82, 2.24) is 15.5 Å². The quantitative estimate of drug-likeness (QED) is 0.791. The molecule has 0 radical (unpaired) electrons. The van der Waals surface area contributed by atoms with Crippen molar-refractivity contribution in [2.24, 2.45) is 5.92 Å². The SMILES string of the molecule is CC(C)Cc1nc(C[S@@](=O)CC(=O)N[C@@H](C)c2ccccc2)no1. The maximum absolute atomic E-state index is 12.1. The molecule has 0 unspecified atom stereocenters. The number of nitrogens with one attached hydrogen (secondary N) is 1. The van der Waals surface area contributed by atoms with Crippen molar-refractivity contribution in [3.8, 4) is 0 Å². The maximum Gasteiger partial charge on any atom is 0.233 e. The Kier molecular flexibility index (Phi) is 6.66. The standard InChI is InChI=1S/C17H23N3O3S/c1-12(2)9-17-19-15(20-23-17)10-24(22)11-16(21)18-13(3)14-7-5-4-6-8-14/h4-8,12-13H,9-11H2,1-3H3,(H,18,21)/t13-,24+/m0/s1. The van der Waals surface area contributed by atoms with E-state index in [4.69, 9.17) is 4.52 Å². The van der Waals surface area contributed by atoms with Crippen LogP contribution in [0.25, 0.3) is 0 Å². The summed E-state index contributed by atoms with van der Waals surface area (Å²) in [6, 6.07) is 9.52. The van der Waals surface area contributed by atoms with E-state index in [-0.39, 0.29) is 23.5 Å². The first-order valence-electron chi connectivity index (χ1n) is 7.94. The zero-order valence-corrected chi connectivity index (χ0v) is 15.0. The second kappa shape index (κ2) is 8.73. The van der Waals surface area contributed by atoms with Gasteiger partial charge in [0.1, 0.15) is 5.75 Å². The highest BCUT2D eigenvalue weighted by atomic mass is 32.2. The van der Waals surface area contributed by atoms with Gasteiger partial charge in [0.15, 0.2) is 5.82 Å². The van der Waals surface area contributed by atoms with Crippen LogP contribution in [0.1, 0.15) is 44.1 Å². The number of aromatic nitrogens is 2. The Bertz CT molecular complexity index is 685. The van der Waals surface area contributed by atoms with E-state index in [0.717, 1.165) is 5.56 Å². The predicted molar refractivity (Wildman–Crippen MR) is 92.6 cm³/mol. The summed E-state index contributed by atoms with van der Waals surface area (Å²) in [7, 11) is -1.37. The molecule has 1 aromatic heterocycles. The van der Waals surface area contributed by atoms with Crippen molar-refractivity contribution in [3.63, 3.8) is 0 Å². The van der Waals surface area contributed by atoms with E-state index in [0.29, 0.717) is 24.1 Å². The van der Waals surface area contributed by atoms with Crippen molar-refractivity contribution in [2.45, 2.75) is 39.0 Å². The summed E-state index contributed by atoms with van der Waals surface area (Å²) in [5.41, 5.74) is 1.01. The van der Waals surface area contributed by atoms with Crippen LogP contribution in [0.5, 0.6) is 0 Å². The van der Waals surface area contributed by atoms with Gasteiger partial charge in [-0.2, -0.15) is 4.98 Å². The van der Waals surface area contributed by atoms with Crippen LogP contribution in [0, 0.1) is 5.92 Å². The van der Waals surface area contributed by atoms with Crippen LogP contribution in [0.3, 0.4) is 0 Å². The van der Waals surface area contributed by atoms with Crippen LogP contribution in [-0.4, -0.2) is 26.0 Å². The van der Waals surface area contributed by atoms with E-state index in [2.05, 4.69) is 29.3 Å². The molecule has 1 N–H and O–H groups in total. The first kappa shape index (κ1) is 18.3. The van der Waals surface area contributed by atoms with Crippen molar-refractivity contribution in [3.05, 3.63) is 47.6 Å². The Balaban J connectivity index is 1.81. The van der Waals surface area contributed by atoms with Crippen LogP contribution >= 0.6 is 0 Å². The molecule has 1 heterocycles. The molecule has 2 atom stereocenters. The molecule has 6 nitrogen and oxygen atoms in total. The number of rotatable bonds is 8. The van der Waals surface area contributed by atoms with E-state index >= 15 is 0 Å². The van der Waals surface area contributed by atoms with Gasteiger partial charge in [0, 0.05) is 17.2 Å². The van der Waals surface area contributed by atoms with Crippen LogP contribution in [0.2, 0.25) is 0 Å². The fraction of sp³-hybridized carbons (Fsp3) is 0.471. The molecule has 0 bridgehead atoms. The van der Waals surface area contributed by atoms with Crippen LogP contribution < -0.4 is 5.32 Å². The Hall–Kier alpha value is -2.02. The smallest absolute Gasteiger partial charge is 0.233 e. The molecule has 0 aliphatic rings. The molecule has 1 amide bonds. The highest BCUT2D eigenvalue weighted by molar-refractivity contribution is 7.84. The fourth-order valence-corrected chi connectivity index (χ4v) is 3.11. The second-order valence-electron chi connectivity index (χ2n) is 6.13. The molecule has 0 aliphatic carbocycles. The summed E-state index contributed by atoms with van der Waals surface area (Å²) in [6.45, 7) is 6.01. The Morgan fingerprint density at radius 1 is 1.25 bits per heavy atom. The van der Waals surface area contributed by atoms with Crippen molar-refractivity contribution < 1.29 is 13.5 Å². The molecule has 2 rings (SSSR count). The van der Waals surface area contributed by atoms with Gasteiger partial charge in [0.05, 0.1) is 11.8 Å². The third kappa shape index (κ3) is 5.88. The molecule has 7 heteroatoms. The van der Waals surface area contributed by atoms with Crippen LogP contribution in [0.4, 0.5) is 0 Å². The highest BCUT2D eigenvalue weighted by Gasteiger charge is 2.15. The predicted octanol–water partition coefficient (Wildman–Crippen LogP) is 2.39. The highest BCUT2D eigenvalue weighted by Crippen LogP contribution is 2.11. The number of carbonyl (C=O) groups is 1. The minimum absolute atomic E-state index is 0.0781. The first-order valence-corrected chi connectivity index (χ1v) is 9.43. The molecule has 2 aromatic rings. The van der Waals surface area contributed by atoms with Gasteiger partial charge in [0.25, 0.3) is 0 Å². The van der Waals surface area contributed by atoms with E-state index < -0.39 is 10.8 Å². The molecule has 24 heavy (non-hydrogen) atoms. The summed E-state index contributed by atoms with van der Waals surface area (Å²) < 4.78 is 17.2. The second-order valence-corrected chi connectivity index (χ2v) is 7.59. The average Bonchev–Trinajstić information content (AvgIpc) is 2.93. The third-order valence-electron chi connectivity index (χ3n) is 3.35. The lowest BCUT2D eigenvalue weighted by molar-refractivity contribution is -0.119. The van der Waals surface area contributed by atoms with Crippen LogP contribution in [0.15, 0.2) is 34.9 Å². The van der Waals surface area contributed by atoms with Gasteiger partial charge in [-0.25, -0.2) is 0 Å². The lowest BCUT2D eigenvalue weighted by atomic mass is 10.1. The zero-order chi connectivity index (χ0) is 17.5. The topological polar surface area (TPSA) is 85.1 Å². The van der Waals surface area contributed by atoms with Crippen molar-refractivity contribution >= 4 is 16.7 Å². The number of hydrogen-bond acceptors (Lipinski definition) is 5. The van der Waals surface area contributed by atoms with Gasteiger partial charge in [-0.3, -0.25) is 9.00 Å². The molecule has 0 aliphatic heterocycles. The van der Waals surface area contributed by atoms with Gasteiger partial charge in [-0.15, -0.1) is 0 Å². The number of hydrogen-bond donors (Lipinski definition) is 1. The Morgan fingerprint density at radius 3 is 2.62 bits per heavy atom. The summed E-state index contributed by atoms with van der Waals surface area (Å²) >= 11 is 0. The molecule has 1 aromatic carbocycles. The van der Waals surface area contributed by atoms with E-state index in [1.165, 1.54) is 0 Å². The van der Waals surface area contributed by atoms with E-state index in [1.807, 2.05) is 37.3 Å². The third-order valence-corrected chi connectivity index (χ3v) is 4.52. The minimum atomic E-state index is -1.37. The summed E-state index contributed by atoms with van der Waals surface area (Å²) in [4.78, 5) is 16.2. The lowest BCUT2D eigenvalue weighted by Crippen LogP contribution is -2.31. The van der Waals surface area contributed by atoms with Crippen molar-refractivity contribution in [2.75, 3.05) is 5.75 Å². The lowest BCUT2D eigenvalue weighted by Gasteiger charge is -2.13. The normalized spacial score (nSPS) is 13.7. The van der Waals surface area contributed by atoms with Gasteiger partial charge >= 0.3 is 0 Å². The number of carbonyl (C=O) groups excluding carboxylic acids is 1. The summed E-state index contributed by atoms with van der Waals surface area (Å²) in [5.74, 6) is 1.12. The van der Waals surface area contributed by atoms with E-state index in [9.17, 15) is 9.00 Å². The monoisotopic (exact) mass is 349 g/mol.